The lowest BCUT2D eigenvalue weighted by Gasteiger charge is -2.09. The minimum atomic E-state index is -4.67. The Balaban J connectivity index is 2.08. The van der Waals surface area contributed by atoms with E-state index in [-0.39, 0.29) is 17.0 Å². The average Bonchev–Trinajstić information content (AvgIpc) is 2.88. The molecule has 1 heterocycles. The number of nitriles is 1. The Kier molecular flexibility index (Phi) is 4.04. The summed E-state index contributed by atoms with van der Waals surface area (Å²) in [7, 11) is 1.58. The van der Waals surface area contributed by atoms with E-state index in [0.717, 1.165) is 12.1 Å². The Morgan fingerprint density at radius 1 is 1.31 bits per heavy atom. The van der Waals surface area contributed by atoms with Crippen LogP contribution in [0.2, 0.25) is 0 Å². The number of carboxylic acids is 1. The molecule has 0 saturated carbocycles. The van der Waals surface area contributed by atoms with E-state index in [1.165, 1.54) is 22.8 Å². The molecular weight excluding hydrogens is 349 g/mol. The number of anilines is 2. The molecular formula is C17H11F3N4O2. The summed E-state index contributed by atoms with van der Waals surface area (Å²) in [6.45, 7) is 0. The van der Waals surface area contributed by atoms with E-state index in [2.05, 4.69) is 10.3 Å². The second-order valence-electron chi connectivity index (χ2n) is 5.50. The first-order valence-electron chi connectivity index (χ1n) is 7.29. The Morgan fingerprint density at radius 3 is 2.65 bits per heavy atom. The number of carbonyl (C=O) groups is 1. The van der Waals surface area contributed by atoms with Gasteiger partial charge in [0.1, 0.15) is 0 Å². The number of hydrogen-bond donors (Lipinski definition) is 2. The fraction of sp³-hybridized carbons (Fsp3) is 0.118. The predicted molar refractivity (Wildman–Crippen MR) is 87.1 cm³/mol. The molecule has 0 spiro atoms. The van der Waals surface area contributed by atoms with Gasteiger partial charge in [0.15, 0.2) is 0 Å². The molecule has 0 saturated heterocycles. The summed E-state index contributed by atoms with van der Waals surface area (Å²) >= 11 is 0. The van der Waals surface area contributed by atoms with Crippen LogP contribution >= 0.6 is 0 Å². The van der Waals surface area contributed by atoms with Gasteiger partial charge in [-0.3, -0.25) is 0 Å². The second-order valence-corrected chi connectivity index (χ2v) is 5.50. The Labute approximate surface area is 145 Å². The number of fused-ring (bicyclic) bond motifs is 1. The van der Waals surface area contributed by atoms with Crippen LogP contribution in [0.3, 0.4) is 0 Å². The highest BCUT2D eigenvalue weighted by atomic mass is 19.4. The summed E-state index contributed by atoms with van der Waals surface area (Å²) in [5.41, 5.74) is -0.667. The molecule has 3 rings (SSSR count). The zero-order valence-electron chi connectivity index (χ0n) is 13.3. The van der Waals surface area contributed by atoms with Crippen molar-refractivity contribution >= 4 is 28.6 Å². The van der Waals surface area contributed by atoms with Crippen molar-refractivity contribution < 1.29 is 23.1 Å². The lowest BCUT2D eigenvalue weighted by molar-refractivity contribution is -0.137. The highest BCUT2D eigenvalue weighted by molar-refractivity contribution is 5.89. The van der Waals surface area contributed by atoms with Crippen LogP contribution in [0.4, 0.5) is 24.8 Å². The molecule has 0 radical (unpaired) electrons. The van der Waals surface area contributed by atoms with Crippen LogP contribution in [0.15, 0.2) is 36.4 Å². The van der Waals surface area contributed by atoms with Gasteiger partial charge in [-0.1, -0.05) is 6.07 Å². The third-order valence-corrected chi connectivity index (χ3v) is 3.81. The monoisotopic (exact) mass is 360 g/mol. The molecule has 0 aliphatic carbocycles. The Morgan fingerprint density at radius 2 is 2.04 bits per heavy atom. The van der Waals surface area contributed by atoms with E-state index in [9.17, 15) is 18.0 Å². The average molecular weight is 360 g/mol. The van der Waals surface area contributed by atoms with Crippen LogP contribution < -0.4 is 5.32 Å². The summed E-state index contributed by atoms with van der Waals surface area (Å²) in [6, 6.07) is 9.44. The summed E-state index contributed by atoms with van der Waals surface area (Å²) < 4.78 is 40.7. The van der Waals surface area contributed by atoms with Crippen molar-refractivity contribution in [1.82, 2.24) is 9.55 Å². The predicted octanol–water partition coefficient (Wildman–Crippen LogP) is 3.91. The van der Waals surface area contributed by atoms with E-state index >= 15 is 0 Å². The fourth-order valence-corrected chi connectivity index (χ4v) is 2.54. The van der Waals surface area contributed by atoms with Crippen molar-refractivity contribution in [2.75, 3.05) is 5.32 Å². The number of nitrogens with one attached hydrogen (secondary N) is 1. The topological polar surface area (TPSA) is 90.9 Å². The standard InChI is InChI=1S/C17H11F3N4O2/c1-24-14-6-10(8-21)12(17(18,19)20)7-13(14)23-16(24)22-11-4-2-3-9(5-11)15(25)26/h2-7H,1H3,(H,22,23)(H,25,26). The van der Waals surface area contributed by atoms with E-state index < -0.39 is 23.3 Å². The van der Waals surface area contributed by atoms with Gasteiger partial charge < -0.3 is 15.0 Å². The molecule has 0 fully saturated rings. The number of hydrogen-bond acceptors (Lipinski definition) is 4. The molecule has 0 amide bonds. The maximum absolute atomic E-state index is 13.1. The molecule has 132 valence electrons. The van der Waals surface area contributed by atoms with Gasteiger partial charge in [-0.2, -0.15) is 18.4 Å². The molecule has 26 heavy (non-hydrogen) atoms. The van der Waals surface area contributed by atoms with Crippen molar-refractivity contribution in [2.24, 2.45) is 7.05 Å². The number of aromatic carboxylic acids is 1. The highest BCUT2D eigenvalue weighted by Gasteiger charge is 2.34. The van der Waals surface area contributed by atoms with Crippen molar-refractivity contribution in [1.29, 1.82) is 5.26 Å². The molecule has 9 heteroatoms. The van der Waals surface area contributed by atoms with Crippen molar-refractivity contribution in [3.8, 4) is 6.07 Å². The smallest absolute Gasteiger partial charge is 0.417 e. The van der Waals surface area contributed by atoms with Crippen LogP contribution in [-0.2, 0) is 13.2 Å². The minimum absolute atomic E-state index is 0.0555. The summed E-state index contributed by atoms with van der Waals surface area (Å²) in [5.74, 6) is -0.891. The molecule has 2 N–H and O–H groups in total. The second kappa shape index (κ2) is 6.07. The van der Waals surface area contributed by atoms with Gasteiger partial charge in [-0.25, -0.2) is 9.78 Å². The molecule has 1 aromatic heterocycles. The van der Waals surface area contributed by atoms with E-state index in [1.807, 2.05) is 0 Å². The number of halogens is 3. The van der Waals surface area contributed by atoms with Crippen molar-refractivity contribution in [2.45, 2.75) is 6.18 Å². The molecule has 0 aliphatic rings. The van der Waals surface area contributed by atoms with E-state index in [4.69, 9.17) is 10.4 Å². The van der Waals surface area contributed by atoms with Gasteiger partial charge >= 0.3 is 12.1 Å². The zero-order chi connectivity index (χ0) is 19.1. The number of aromatic nitrogens is 2. The Bertz CT molecular complexity index is 1060. The number of alkyl halides is 3. The fourth-order valence-electron chi connectivity index (χ4n) is 2.54. The Hall–Kier alpha value is -3.54. The highest BCUT2D eigenvalue weighted by Crippen LogP contribution is 2.35. The van der Waals surface area contributed by atoms with Crippen LogP contribution in [0.1, 0.15) is 21.5 Å². The molecule has 0 aliphatic heterocycles. The largest absolute Gasteiger partial charge is 0.478 e. The molecule has 0 atom stereocenters. The normalized spacial score (nSPS) is 11.3. The number of benzene rings is 2. The molecule has 2 aromatic carbocycles. The van der Waals surface area contributed by atoms with Gasteiger partial charge in [0, 0.05) is 12.7 Å². The van der Waals surface area contributed by atoms with E-state index in [0.29, 0.717) is 11.2 Å². The van der Waals surface area contributed by atoms with Crippen molar-refractivity contribution in [3.63, 3.8) is 0 Å². The maximum Gasteiger partial charge on any atom is 0.417 e. The minimum Gasteiger partial charge on any atom is -0.478 e. The van der Waals surface area contributed by atoms with Gasteiger partial charge in [0.2, 0.25) is 5.95 Å². The SMILES string of the molecule is Cn1c(Nc2cccc(C(=O)O)c2)nc2cc(C(F)(F)F)c(C#N)cc21. The van der Waals surface area contributed by atoms with Gasteiger partial charge in [-0.15, -0.1) is 0 Å². The number of nitrogens with zero attached hydrogens (tertiary/aromatic N) is 3. The quantitative estimate of drug-likeness (QED) is 0.739. The van der Waals surface area contributed by atoms with Gasteiger partial charge in [-0.05, 0) is 30.3 Å². The van der Waals surface area contributed by atoms with Gasteiger partial charge in [0.05, 0.1) is 33.8 Å². The third kappa shape index (κ3) is 3.04. The first-order chi connectivity index (χ1) is 12.2. The first kappa shape index (κ1) is 17.3. The summed E-state index contributed by atoms with van der Waals surface area (Å²) in [5, 5.41) is 20.9. The van der Waals surface area contributed by atoms with Crippen LogP contribution in [0.5, 0.6) is 0 Å². The maximum atomic E-state index is 13.1. The van der Waals surface area contributed by atoms with Crippen LogP contribution in [0.25, 0.3) is 11.0 Å². The molecule has 0 bridgehead atoms. The number of carboxylic acid groups (broad SMARTS) is 1. The number of imidazole rings is 1. The summed E-state index contributed by atoms with van der Waals surface area (Å²) in [4.78, 5) is 15.2. The number of rotatable bonds is 3. The third-order valence-electron chi connectivity index (χ3n) is 3.81. The lowest BCUT2D eigenvalue weighted by atomic mass is 10.1. The van der Waals surface area contributed by atoms with Crippen molar-refractivity contribution in [3.05, 3.63) is 53.1 Å². The molecule has 3 aromatic rings. The molecule has 0 unspecified atom stereocenters. The number of aryl methyl sites for hydroxylation is 1. The molecule has 6 nitrogen and oxygen atoms in total. The van der Waals surface area contributed by atoms with Crippen LogP contribution in [-0.4, -0.2) is 20.6 Å². The zero-order valence-corrected chi connectivity index (χ0v) is 13.3. The lowest BCUT2D eigenvalue weighted by Crippen LogP contribution is -2.08. The van der Waals surface area contributed by atoms with Crippen LogP contribution in [0, 0.1) is 11.3 Å². The first-order valence-corrected chi connectivity index (χ1v) is 7.29. The van der Waals surface area contributed by atoms with E-state index in [1.54, 1.807) is 19.2 Å². The summed E-state index contributed by atoms with van der Waals surface area (Å²) in [6.07, 6.45) is -4.67. The van der Waals surface area contributed by atoms with Gasteiger partial charge in [0.25, 0.3) is 0 Å².